The summed E-state index contributed by atoms with van der Waals surface area (Å²) in [6.45, 7) is 3.37. The van der Waals surface area contributed by atoms with Crippen molar-refractivity contribution in [3.63, 3.8) is 0 Å². The minimum Gasteiger partial charge on any atom is -0.481 e. The maximum absolute atomic E-state index is 14.4. The Hall–Kier alpha value is -1.95. The van der Waals surface area contributed by atoms with E-state index in [2.05, 4.69) is 0 Å². The number of rotatable bonds is 4. The molecule has 1 amide bonds. The van der Waals surface area contributed by atoms with Gasteiger partial charge in [-0.1, -0.05) is 12.1 Å². The Kier molecular flexibility index (Phi) is 3.76. The van der Waals surface area contributed by atoms with Gasteiger partial charge in [0.1, 0.15) is 11.2 Å². The maximum Gasteiger partial charge on any atom is 0.313 e. The quantitative estimate of drug-likeness (QED) is 0.877. The summed E-state index contributed by atoms with van der Waals surface area (Å²) in [7, 11) is 0. The fraction of sp³-hybridized carbons (Fsp3) is 0.467. The van der Waals surface area contributed by atoms with Crippen LogP contribution in [-0.2, 0) is 25.2 Å². The van der Waals surface area contributed by atoms with Gasteiger partial charge in [-0.2, -0.15) is 0 Å². The summed E-state index contributed by atoms with van der Waals surface area (Å²) in [6, 6.07) is 4.12. The second kappa shape index (κ2) is 5.11. The van der Waals surface area contributed by atoms with Crippen LogP contribution in [-0.4, -0.2) is 30.2 Å². The molecule has 1 aromatic carbocycles. The Bertz CT molecular complexity index is 591. The third-order valence-corrected chi connectivity index (χ3v) is 4.23. The lowest BCUT2D eigenvalue weighted by Crippen LogP contribution is -2.42. The Morgan fingerprint density at radius 1 is 1.43 bits per heavy atom. The van der Waals surface area contributed by atoms with Crippen molar-refractivity contribution in [2.45, 2.75) is 31.1 Å². The number of carbonyl (C=O) groups excluding carboxylic acids is 1. The molecule has 0 saturated carbocycles. The zero-order valence-corrected chi connectivity index (χ0v) is 12.0. The van der Waals surface area contributed by atoms with Crippen LogP contribution in [0.3, 0.4) is 0 Å². The number of nitrogens with two attached hydrogens (primary N) is 1. The highest BCUT2D eigenvalue weighted by molar-refractivity contribution is 5.87. The predicted molar refractivity (Wildman–Crippen MR) is 73.4 cm³/mol. The molecule has 6 heteroatoms. The average Bonchev–Trinajstić information content (AvgIpc) is 2.88. The van der Waals surface area contributed by atoms with E-state index in [0.717, 1.165) is 6.07 Å². The molecule has 1 fully saturated rings. The number of halogens is 1. The number of hydrogen-bond donors (Lipinski definition) is 2. The van der Waals surface area contributed by atoms with E-state index in [1.807, 2.05) is 0 Å². The Morgan fingerprint density at radius 2 is 2.10 bits per heavy atom. The number of primary amides is 1. The van der Waals surface area contributed by atoms with Crippen molar-refractivity contribution >= 4 is 11.9 Å². The van der Waals surface area contributed by atoms with Crippen molar-refractivity contribution in [3.05, 3.63) is 35.1 Å². The second-order valence-electron chi connectivity index (χ2n) is 5.87. The van der Waals surface area contributed by atoms with Crippen molar-refractivity contribution in [2.75, 3.05) is 13.2 Å². The molecule has 21 heavy (non-hydrogen) atoms. The van der Waals surface area contributed by atoms with Crippen LogP contribution in [0.5, 0.6) is 0 Å². The van der Waals surface area contributed by atoms with Gasteiger partial charge >= 0.3 is 5.97 Å². The number of ether oxygens (including phenoxy) is 1. The maximum atomic E-state index is 14.4. The van der Waals surface area contributed by atoms with Crippen molar-refractivity contribution in [1.82, 2.24) is 0 Å². The van der Waals surface area contributed by atoms with Gasteiger partial charge in [0.2, 0.25) is 5.91 Å². The topological polar surface area (TPSA) is 89.6 Å². The first kappa shape index (κ1) is 15.4. The van der Waals surface area contributed by atoms with E-state index in [0.29, 0.717) is 18.6 Å². The molecule has 0 radical (unpaired) electrons. The summed E-state index contributed by atoms with van der Waals surface area (Å²) >= 11 is 0. The number of carbonyl (C=O) groups is 2. The van der Waals surface area contributed by atoms with E-state index in [1.54, 1.807) is 0 Å². The van der Waals surface area contributed by atoms with Crippen molar-refractivity contribution in [3.8, 4) is 0 Å². The minimum atomic E-state index is -1.22. The zero-order valence-electron chi connectivity index (χ0n) is 12.0. The third-order valence-electron chi connectivity index (χ3n) is 4.23. The molecule has 1 aromatic rings. The molecule has 1 aliphatic heterocycles. The number of benzene rings is 1. The number of carboxylic acids is 1. The van der Waals surface area contributed by atoms with E-state index in [4.69, 9.17) is 10.5 Å². The van der Waals surface area contributed by atoms with E-state index in [1.165, 1.54) is 26.0 Å². The van der Waals surface area contributed by atoms with Gasteiger partial charge in [-0.3, -0.25) is 9.59 Å². The lowest BCUT2D eigenvalue weighted by Gasteiger charge is -2.26. The Balaban J connectivity index is 2.49. The molecule has 0 aromatic heterocycles. The minimum absolute atomic E-state index is 0.0426. The molecule has 1 heterocycles. The van der Waals surface area contributed by atoms with Crippen molar-refractivity contribution < 1.29 is 23.8 Å². The summed E-state index contributed by atoms with van der Waals surface area (Å²) in [5.74, 6) is -2.32. The highest BCUT2D eigenvalue weighted by Gasteiger charge is 2.44. The van der Waals surface area contributed by atoms with Crippen LogP contribution in [0.4, 0.5) is 4.39 Å². The molecule has 0 aliphatic carbocycles. The molecule has 1 unspecified atom stereocenters. The van der Waals surface area contributed by atoms with Crippen molar-refractivity contribution in [2.24, 2.45) is 5.73 Å². The van der Waals surface area contributed by atoms with E-state index < -0.39 is 28.5 Å². The first-order valence-electron chi connectivity index (χ1n) is 6.63. The molecular weight excluding hydrogens is 277 g/mol. The third kappa shape index (κ3) is 2.40. The second-order valence-corrected chi connectivity index (χ2v) is 5.87. The summed E-state index contributed by atoms with van der Waals surface area (Å²) in [5.41, 5.74) is 3.53. The first-order valence-corrected chi connectivity index (χ1v) is 6.63. The molecule has 0 spiro atoms. The van der Waals surface area contributed by atoms with Gasteiger partial charge in [-0.25, -0.2) is 4.39 Å². The summed E-state index contributed by atoms with van der Waals surface area (Å²) in [6.07, 6.45) is 0.320. The first-order chi connectivity index (χ1) is 9.71. The van der Waals surface area contributed by atoms with Crippen LogP contribution < -0.4 is 5.73 Å². The smallest absolute Gasteiger partial charge is 0.313 e. The molecule has 1 aliphatic rings. The van der Waals surface area contributed by atoms with Gasteiger partial charge in [0.15, 0.2) is 0 Å². The van der Waals surface area contributed by atoms with E-state index in [9.17, 15) is 19.1 Å². The van der Waals surface area contributed by atoms with Gasteiger partial charge in [-0.15, -0.1) is 0 Å². The van der Waals surface area contributed by atoms with Gasteiger partial charge in [0.25, 0.3) is 0 Å². The van der Waals surface area contributed by atoms with Crippen LogP contribution in [0.2, 0.25) is 0 Å². The summed E-state index contributed by atoms with van der Waals surface area (Å²) < 4.78 is 19.6. The summed E-state index contributed by atoms with van der Waals surface area (Å²) in [4.78, 5) is 23.0. The van der Waals surface area contributed by atoms with E-state index in [-0.39, 0.29) is 12.2 Å². The molecule has 2 rings (SSSR count). The van der Waals surface area contributed by atoms with E-state index >= 15 is 0 Å². The molecule has 0 bridgehead atoms. The average molecular weight is 295 g/mol. The normalized spacial score (nSPS) is 22.2. The van der Waals surface area contributed by atoms with Crippen LogP contribution in [0.1, 0.15) is 31.4 Å². The molecule has 1 atom stereocenters. The van der Waals surface area contributed by atoms with Crippen LogP contribution in [0.15, 0.2) is 18.2 Å². The van der Waals surface area contributed by atoms with Crippen LogP contribution in [0.25, 0.3) is 0 Å². The Labute approximate surface area is 121 Å². The van der Waals surface area contributed by atoms with Gasteiger partial charge < -0.3 is 15.6 Å². The predicted octanol–water partition coefficient (Wildman–Crippen LogP) is 1.33. The van der Waals surface area contributed by atoms with Crippen LogP contribution in [0, 0.1) is 5.82 Å². The SMILES string of the molecule is CC(C)(C(=O)O)c1ccc(C2(C(N)=O)CCOC2)c(F)c1. The zero-order chi connectivity index (χ0) is 15.8. The Morgan fingerprint density at radius 3 is 2.52 bits per heavy atom. The molecule has 114 valence electrons. The fourth-order valence-corrected chi connectivity index (χ4v) is 2.52. The van der Waals surface area contributed by atoms with Crippen LogP contribution >= 0.6 is 0 Å². The number of aliphatic carboxylic acids is 1. The standard InChI is InChI=1S/C15H18FNO4/c1-14(2,13(19)20)9-3-4-10(11(16)7-9)15(12(17)18)5-6-21-8-15/h3-4,7H,5-6,8H2,1-2H3,(H2,17,18)(H,19,20). The molecule has 3 N–H and O–H groups in total. The largest absolute Gasteiger partial charge is 0.481 e. The number of amides is 1. The van der Waals surface area contributed by atoms with Gasteiger partial charge in [-0.05, 0) is 31.9 Å². The van der Waals surface area contributed by atoms with Gasteiger partial charge in [0.05, 0.1) is 12.0 Å². The highest BCUT2D eigenvalue weighted by atomic mass is 19.1. The lowest BCUT2D eigenvalue weighted by molar-refractivity contribution is -0.142. The molecule has 1 saturated heterocycles. The van der Waals surface area contributed by atoms with Crippen molar-refractivity contribution in [1.29, 1.82) is 0 Å². The molecular formula is C15H18FNO4. The highest BCUT2D eigenvalue weighted by Crippen LogP contribution is 2.36. The fourth-order valence-electron chi connectivity index (χ4n) is 2.52. The number of hydrogen-bond acceptors (Lipinski definition) is 3. The lowest BCUT2D eigenvalue weighted by atomic mass is 9.76. The monoisotopic (exact) mass is 295 g/mol. The van der Waals surface area contributed by atoms with Gasteiger partial charge in [0, 0.05) is 12.2 Å². The molecule has 5 nitrogen and oxygen atoms in total. The number of carboxylic acid groups (broad SMARTS) is 1. The summed E-state index contributed by atoms with van der Waals surface area (Å²) in [5, 5.41) is 9.19.